The molecular formula is C28H25N3O4. The zero-order chi connectivity index (χ0) is 24.7. The molecule has 2 aliphatic rings. The van der Waals surface area contributed by atoms with Gasteiger partial charge in [-0.2, -0.15) is 0 Å². The van der Waals surface area contributed by atoms with Gasteiger partial charge in [0.1, 0.15) is 0 Å². The van der Waals surface area contributed by atoms with E-state index in [0.717, 1.165) is 16.9 Å². The number of fused-ring (bicyclic) bond motifs is 1. The van der Waals surface area contributed by atoms with Gasteiger partial charge in [0.25, 0.3) is 5.69 Å². The molecule has 1 heterocycles. The van der Waals surface area contributed by atoms with Crippen LogP contribution in [0.1, 0.15) is 54.2 Å². The molecule has 176 valence electrons. The zero-order valence-corrected chi connectivity index (χ0v) is 19.5. The molecule has 1 aliphatic heterocycles. The minimum absolute atomic E-state index is 0.00438. The molecule has 0 spiro atoms. The largest absolute Gasteiger partial charge is 0.372 e. The average molecular weight is 468 g/mol. The number of benzene rings is 3. The summed E-state index contributed by atoms with van der Waals surface area (Å²) < 4.78 is 0. The van der Waals surface area contributed by atoms with E-state index in [2.05, 4.69) is 24.5 Å². The van der Waals surface area contributed by atoms with E-state index in [0.29, 0.717) is 35.2 Å². The predicted octanol–water partition coefficient (Wildman–Crippen LogP) is 6.05. The van der Waals surface area contributed by atoms with Gasteiger partial charge in [-0.15, -0.1) is 0 Å². The highest BCUT2D eigenvalue weighted by Crippen LogP contribution is 2.45. The fraction of sp³-hybridized carbons (Fsp3) is 0.214. The lowest BCUT2D eigenvalue weighted by molar-refractivity contribution is -0.384. The second kappa shape index (κ2) is 8.51. The monoisotopic (exact) mass is 467 g/mol. The summed E-state index contributed by atoms with van der Waals surface area (Å²) in [5.41, 5.74) is 4.59. The third kappa shape index (κ3) is 4.33. The normalized spacial score (nSPS) is 18.5. The van der Waals surface area contributed by atoms with Crippen LogP contribution in [0.4, 0.5) is 17.1 Å². The van der Waals surface area contributed by atoms with Crippen LogP contribution in [0.15, 0.2) is 84.1 Å². The Kier molecular flexibility index (Phi) is 5.47. The lowest BCUT2D eigenvalue weighted by Crippen LogP contribution is -2.31. The quantitative estimate of drug-likeness (QED) is 0.275. The Hall–Kier alpha value is -4.26. The van der Waals surface area contributed by atoms with Crippen LogP contribution in [0.3, 0.4) is 0 Å². The number of hydrogen-bond acceptors (Lipinski definition) is 6. The summed E-state index contributed by atoms with van der Waals surface area (Å²) >= 11 is 0. The van der Waals surface area contributed by atoms with Crippen molar-refractivity contribution in [1.82, 2.24) is 0 Å². The van der Waals surface area contributed by atoms with E-state index in [9.17, 15) is 19.7 Å². The van der Waals surface area contributed by atoms with Crippen molar-refractivity contribution in [3.63, 3.8) is 0 Å². The molecule has 0 radical (unpaired) electrons. The minimum atomic E-state index is -0.473. The molecule has 0 saturated carbocycles. The fourth-order valence-electron chi connectivity index (χ4n) is 4.88. The number of hydrogen-bond donors (Lipinski definition) is 2. The first kappa shape index (κ1) is 22.5. The van der Waals surface area contributed by atoms with E-state index in [1.165, 1.54) is 12.1 Å². The molecule has 0 unspecified atom stereocenters. The van der Waals surface area contributed by atoms with E-state index in [1.54, 1.807) is 30.3 Å². The Bertz CT molecular complexity index is 1380. The molecule has 3 aromatic carbocycles. The van der Waals surface area contributed by atoms with Crippen molar-refractivity contribution in [2.45, 2.75) is 32.7 Å². The summed E-state index contributed by atoms with van der Waals surface area (Å²) in [6.07, 6.45) is 1.07. The highest BCUT2D eigenvalue weighted by molar-refractivity contribution is 6.10. The van der Waals surface area contributed by atoms with E-state index in [-0.39, 0.29) is 22.7 Å². The van der Waals surface area contributed by atoms with Crippen LogP contribution in [-0.4, -0.2) is 16.5 Å². The molecule has 0 saturated heterocycles. The molecule has 0 aromatic heterocycles. The van der Waals surface area contributed by atoms with Crippen molar-refractivity contribution in [1.29, 1.82) is 0 Å². The molecule has 1 atom stereocenters. The highest BCUT2D eigenvalue weighted by Gasteiger charge is 2.38. The predicted molar refractivity (Wildman–Crippen MR) is 134 cm³/mol. The molecule has 0 fully saturated rings. The summed E-state index contributed by atoms with van der Waals surface area (Å²) in [7, 11) is 0. The Morgan fingerprint density at radius 3 is 2.34 bits per heavy atom. The Labute approximate surface area is 203 Å². The zero-order valence-electron chi connectivity index (χ0n) is 19.5. The molecule has 5 rings (SSSR count). The molecule has 2 N–H and O–H groups in total. The Morgan fingerprint density at radius 1 is 0.943 bits per heavy atom. The lowest BCUT2D eigenvalue weighted by atomic mass is 9.73. The number of carbonyl (C=O) groups is 2. The maximum Gasteiger partial charge on any atom is 0.269 e. The number of nitro groups is 1. The molecule has 0 bridgehead atoms. The minimum Gasteiger partial charge on any atom is -0.372 e. The number of nitro benzene ring substituents is 1. The maximum atomic E-state index is 13.4. The van der Waals surface area contributed by atoms with Crippen LogP contribution < -0.4 is 10.6 Å². The number of Topliss-reactive ketones (excluding diaryl/α,β-unsaturated/α-hetero) is 1. The van der Waals surface area contributed by atoms with Gasteiger partial charge in [0.2, 0.25) is 0 Å². The lowest BCUT2D eigenvalue weighted by Gasteiger charge is -2.34. The highest BCUT2D eigenvalue weighted by atomic mass is 16.6. The molecule has 1 aliphatic carbocycles. The van der Waals surface area contributed by atoms with Gasteiger partial charge in [-0.05, 0) is 47.7 Å². The van der Waals surface area contributed by atoms with Crippen molar-refractivity contribution in [3.8, 4) is 0 Å². The molecule has 7 nitrogen and oxygen atoms in total. The third-order valence-electron chi connectivity index (χ3n) is 6.55. The summed E-state index contributed by atoms with van der Waals surface area (Å²) in [6, 6.07) is 20.3. The summed E-state index contributed by atoms with van der Waals surface area (Å²) in [5, 5.41) is 18.1. The molecular weight excluding hydrogens is 442 g/mol. The van der Waals surface area contributed by atoms with Crippen LogP contribution in [0.2, 0.25) is 0 Å². The molecule has 3 aromatic rings. The van der Waals surface area contributed by atoms with Crippen LogP contribution in [0.5, 0.6) is 0 Å². The number of nitrogens with zero attached hydrogens (tertiary/aromatic N) is 1. The maximum absolute atomic E-state index is 13.4. The fourth-order valence-corrected chi connectivity index (χ4v) is 4.88. The number of ketones is 2. The van der Waals surface area contributed by atoms with Gasteiger partial charge in [0, 0.05) is 41.0 Å². The van der Waals surface area contributed by atoms with E-state index in [4.69, 9.17) is 0 Å². The van der Waals surface area contributed by atoms with E-state index in [1.807, 2.05) is 30.3 Å². The van der Waals surface area contributed by atoms with Gasteiger partial charge in [0.15, 0.2) is 11.6 Å². The van der Waals surface area contributed by atoms with Gasteiger partial charge in [0.05, 0.1) is 22.3 Å². The Morgan fingerprint density at radius 2 is 1.66 bits per heavy atom. The van der Waals surface area contributed by atoms with Gasteiger partial charge in [-0.3, -0.25) is 19.7 Å². The first-order chi connectivity index (χ1) is 16.7. The molecule has 7 heteroatoms. The summed E-state index contributed by atoms with van der Waals surface area (Å²) in [6.45, 7) is 4.12. The van der Waals surface area contributed by atoms with Crippen LogP contribution in [0, 0.1) is 15.5 Å². The standard InChI is InChI=1S/C28H25N3O4/c1-28(2)15-23-25(24(32)16-28)26(17-8-11-20(12-9-17)31(34)35)30-21-13-10-19(14-22(21)29-23)27(33)18-6-4-3-5-7-18/h3-14,26,29-30H,15-16H2,1-2H3/t26-/m0/s1. The third-order valence-corrected chi connectivity index (χ3v) is 6.55. The summed E-state index contributed by atoms with van der Waals surface area (Å²) in [4.78, 5) is 37.1. The van der Waals surface area contributed by atoms with Crippen molar-refractivity contribution in [3.05, 3.63) is 111 Å². The van der Waals surface area contributed by atoms with Crippen molar-refractivity contribution in [2.24, 2.45) is 5.41 Å². The van der Waals surface area contributed by atoms with Crippen molar-refractivity contribution >= 4 is 28.6 Å². The molecule has 0 amide bonds. The van der Waals surface area contributed by atoms with Crippen LogP contribution in [0.25, 0.3) is 0 Å². The number of non-ortho nitro benzene ring substituents is 1. The van der Waals surface area contributed by atoms with Gasteiger partial charge in [-0.25, -0.2) is 0 Å². The smallest absolute Gasteiger partial charge is 0.269 e. The number of nitrogens with one attached hydrogen (secondary N) is 2. The first-order valence-electron chi connectivity index (χ1n) is 11.5. The number of anilines is 2. The number of carbonyl (C=O) groups excluding carboxylic acids is 2. The SMILES string of the molecule is CC1(C)CC(=O)C2=C(C1)Nc1cc(C(=O)c3ccccc3)ccc1N[C@H]2c1ccc([N+](=O)[O-])cc1. The van der Waals surface area contributed by atoms with Gasteiger partial charge in [-0.1, -0.05) is 44.2 Å². The van der Waals surface area contributed by atoms with Crippen LogP contribution in [-0.2, 0) is 4.79 Å². The van der Waals surface area contributed by atoms with Gasteiger partial charge < -0.3 is 10.6 Å². The first-order valence-corrected chi connectivity index (χ1v) is 11.5. The van der Waals surface area contributed by atoms with Crippen molar-refractivity contribution in [2.75, 3.05) is 10.6 Å². The van der Waals surface area contributed by atoms with E-state index < -0.39 is 11.0 Å². The summed E-state index contributed by atoms with van der Waals surface area (Å²) in [5.74, 6) is -0.0476. The topological polar surface area (TPSA) is 101 Å². The number of allylic oxidation sites excluding steroid dienone is 1. The van der Waals surface area contributed by atoms with E-state index >= 15 is 0 Å². The molecule has 35 heavy (non-hydrogen) atoms. The van der Waals surface area contributed by atoms with Gasteiger partial charge >= 0.3 is 0 Å². The second-order valence-electron chi connectivity index (χ2n) is 9.84. The Balaban J connectivity index is 1.59. The van der Waals surface area contributed by atoms with Crippen LogP contribution >= 0.6 is 0 Å². The number of rotatable bonds is 4. The van der Waals surface area contributed by atoms with Crippen molar-refractivity contribution < 1.29 is 14.5 Å². The average Bonchev–Trinajstić information content (AvgIpc) is 2.99. The second-order valence-corrected chi connectivity index (χ2v) is 9.84.